The second kappa shape index (κ2) is 11.7. The molecule has 184 valence electrons. The number of pyridine rings is 1. The van der Waals surface area contributed by atoms with E-state index in [4.69, 9.17) is 14.5 Å². The van der Waals surface area contributed by atoms with Crippen molar-refractivity contribution < 1.29 is 14.3 Å². The monoisotopic (exact) mass is 466 g/mol. The van der Waals surface area contributed by atoms with Crippen molar-refractivity contribution in [1.29, 1.82) is 0 Å². The molecule has 2 fully saturated rings. The predicted molar refractivity (Wildman–Crippen MR) is 134 cm³/mol. The molecule has 34 heavy (non-hydrogen) atoms. The Morgan fingerprint density at radius 2 is 1.79 bits per heavy atom. The largest absolute Gasteiger partial charge is 0.480 e. The van der Waals surface area contributed by atoms with Crippen molar-refractivity contribution in [1.82, 2.24) is 14.8 Å². The van der Waals surface area contributed by atoms with Gasteiger partial charge in [0.2, 0.25) is 5.88 Å². The van der Waals surface area contributed by atoms with Gasteiger partial charge in [0.05, 0.1) is 12.8 Å². The summed E-state index contributed by atoms with van der Waals surface area (Å²) in [7, 11) is 3.82. The molecule has 7 heteroatoms. The lowest BCUT2D eigenvalue weighted by Gasteiger charge is -2.41. The molecule has 0 bridgehead atoms. The van der Waals surface area contributed by atoms with E-state index in [1.165, 1.54) is 25.9 Å². The van der Waals surface area contributed by atoms with Gasteiger partial charge in [0, 0.05) is 12.0 Å². The Hall–Kier alpha value is -2.64. The van der Waals surface area contributed by atoms with Crippen molar-refractivity contribution in [2.24, 2.45) is 0 Å². The highest BCUT2D eigenvalue weighted by molar-refractivity contribution is 5.86. The fourth-order valence-electron chi connectivity index (χ4n) is 5.20. The molecule has 7 nitrogen and oxygen atoms in total. The molecule has 0 unspecified atom stereocenters. The van der Waals surface area contributed by atoms with Gasteiger partial charge in [0.1, 0.15) is 12.3 Å². The maximum absolute atomic E-state index is 12.4. The van der Waals surface area contributed by atoms with Crippen LogP contribution in [0.3, 0.4) is 0 Å². The summed E-state index contributed by atoms with van der Waals surface area (Å²) in [6, 6.07) is 12.4. The van der Waals surface area contributed by atoms with Crippen molar-refractivity contribution in [3.63, 3.8) is 0 Å². The molecular formula is C27H38N4O3. The van der Waals surface area contributed by atoms with Crippen molar-refractivity contribution in [2.75, 3.05) is 45.7 Å². The number of nitrogens with one attached hydrogen (secondary N) is 1. The molecule has 2 saturated heterocycles. The van der Waals surface area contributed by atoms with Crippen LogP contribution < -0.4 is 10.1 Å². The van der Waals surface area contributed by atoms with Gasteiger partial charge in [-0.1, -0.05) is 37.3 Å². The molecule has 1 aromatic heterocycles. The summed E-state index contributed by atoms with van der Waals surface area (Å²) in [5.41, 5.74) is 3.78. The number of piperidine rings is 2. The first-order valence-corrected chi connectivity index (χ1v) is 12.6. The van der Waals surface area contributed by atoms with E-state index in [1.807, 2.05) is 36.4 Å². The van der Waals surface area contributed by atoms with Gasteiger partial charge in [-0.2, -0.15) is 0 Å². The summed E-state index contributed by atoms with van der Waals surface area (Å²) in [6.07, 6.45) is 5.12. The third kappa shape index (κ3) is 6.07. The first kappa shape index (κ1) is 24.5. The molecule has 1 N–H and O–H groups in total. The zero-order chi connectivity index (χ0) is 23.9. The van der Waals surface area contributed by atoms with Crippen LogP contribution in [-0.2, 0) is 17.8 Å². The molecule has 0 atom stereocenters. The van der Waals surface area contributed by atoms with Crippen LogP contribution in [0.4, 0.5) is 10.5 Å². The van der Waals surface area contributed by atoms with E-state index >= 15 is 0 Å². The molecule has 0 spiro atoms. The van der Waals surface area contributed by atoms with Crippen LogP contribution in [0.1, 0.15) is 55.3 Å². The summed E-state index contributed by atoms with van der Waals surface area (Å²) >= 11 is 0. The third-order valence-electron chi connectivity index (χ3n) is 7.24. The van der Waals surface area contributed by atoms with Crippen LogP contribution in [-0.4, -0.2) is 67.3 Å². The summed E-state index contributed by atoms with van der Waals surface area (Å²) < 4.78 is 11.0. The summed E-state index contributed by atoms with van der Waals surface area (Å²) in [6.45, 7) is 7.00. The van der Waals surface area contributed by atoms with Gasteiger partial charge in [0.15, 0.2) is 0 Å². The van der Waals surface area contributed by atoms with Gasteiger partial charge < -0.3 is 19.3 Å². The lowest BCUT2D eigenvalue weighted by atomic mass is 9.88. The molecule has 2 aliphatic rings. The molecule has 1 amide bonds. The Kier molecular flexibility index (Phi) is 8.40. The fraction of sp³-hybridized carbons (Fsp3) is 0.556. The number of aryl methyl sites for hydroxylation is 1. The quantitative estimate of drug-likeness (QED) is 0.639. The highest BCUT2D eigenvalue weighted by Gasteiger charge is 2.30. The smallest absolute Gasteiger partial charge is 0.412 e. The normalized spacial score (nSPS) is 18.6. The molecule has 2 aliphatic heterocycles. The van der Waals surface area contributed by atoms with E-state index in [0.29, 0.717) is 17.5 Å². The van der Waals surface area contributed by atoms with Crippen LogP contribution >= 0.6 is 0 Å². The van der Waals surface area contributed by atoms with E-state index in [2.05, 4.69) is 29.1 Å². The van der Waals surface area contributed by atoms with Crippen molar-refractivity contribution >= 4 is 11.8 Å². The number of ether oxygens (including phenoxy) is 2. The molecule has 1 aromatic carbocycles. The Morgan fingerprint density at radius 1 is 1.09 bits per heavy atom. The third-order valence-corrected chi connectivity index (χ3v) is 7.24. The standard InChI is InChI=1S/C27H38N4O3/c1-4-21-18-24(28-27(32)34-19-20-8-6-5-7-9-20)26(33-3)29-25(21)22-10-16-31(17-11-22)23-12-14-30(2)15-13-23/h5-9,18,22-23H,4,10-17,19H2,1-3H3,(H,28,32). The predicted octanol–water partition coefficient (Wildman–Crippen LogP) is 4.67. The van der Waals surface area contributed by atoms with Gasteiger partial charge in [-0.25, -0.2) is 9.78 Å². The number of benzene rings is 1. The van der Waals surface area contributed by atoms with E-state index < -0.39 is 6.09 Å². The highest BCUT2D eigenvalue weighted by Crippen LogP contribution is 2.35. The molecule has 0 radical (unpaired) electrons. The maximum Gasteiger partial charge on any atom is 0.412 e. The van der Waals surface area contributed by atoms with Crippen LogP contribution in [0.2, 0.25) is 0 Å². The number of carbonyl (C=O) groups excluding carboxylic acids is 1. The Bertz CT molecular complexity index is 936. The summed E-state index contributed by atoms with van der Waals surface area (Å²) in [5, 5.41) is 2.83. The Morgan fingerprint density at radius 3 is 2.44 bits per heavy atom. The van der Waals surface area contributed by atoms with E-state index in [0.717, 1.165) is 55.2 Å². The van der Waals surface area contributed by atoms with E-state index in [9.17, 15) is 4.79 Å². The lowest BCUT2D eigenvalue weighted by molar-refractivity contribution is 0.0960. The molecule has 0 aliphatic carbocycles. The minimum Gasteiger partial charge on any atom is -0.480 e. The van der Waals surface area contributed by atoms with Crippen molar-refractivity contribution in [3.05, 3.63) is 53.2 Å². The van der Waals surface area contributed by atoms with E-state index in [1.54, 1.807) is 7.11 Å². The number of aromatic nitrogens is 1. The number of rotatable bonds is 7. The van der Waals surface area contributed by atoms with Crippen molar-refractivity contribution in [2.45, 2.75) is 57.6 Å². The van der Waals surface area contributed by atoms with Gasteiger partial charge in [-0.15, -0.1) is 0 Å². The Balaban J connectivity index is 1.39. The minimum atomic E-state index is -0.509. The van der Waals surface area contributed by atoms with E-state index in [-0.39, 0.29) is 6.61 Å². The van der Waals surface area contributed by atoms with Gasteiger partial charge >= 0.3 is 6.09 Å². The Labute approximate surface area is 203 Å². The van der Waals surface area contributed by atoms with Crippen LogP contribution in [0, 0.1) is 0 Å². The number of hydrogen-bond donors (Lipinski definition) is 1. The zero-order valence-corrected chi connectivity index (χ0v) is 20.8. The molecule has 4 rings (SSSR count). The van der Waals surface area contributed by atoms with Crippen molar-refractivity contribution in [3.8, 4) is 5.88 Å². The summed E-state index contributed by atoms with van der Waals surface area (Å²) in [5.74, 6) is 0.868. The second-order valence-corrected chi connectivity index (χ2v) is 9.47. The van der Waals surface area contributed by atoms with Crippen LogP contribution in [0.25, 0.3) is 0 Å². The second-order valence-electron chi connectivity index (χ2n) is 9.47. The lowest BCUT2D eigenvalue weighted by Crippen LogP contribution is -2.46. The molecule has 2 aromatic rings. The minimum absolute atomic E-state index is 0.219. The maximum atomic E-state index is 12.4. The number of methoxy groups -OCH3 is 1. The molecule has 3 heterocycles. The number of anilines is 1. The fourth-order valence-corrected chi connectivity index (χ4v) is 5.20. The van der Waals surface area contributed by atoms with Gasteiger partial charge in [-0.05, 0) is 82.5 Å². The summed E-state index contributed by atoms with van der Waals surface area (Å²) in [4.78, 5) is 22.4. The molecular weight excluding hydrogens is 428 g/mol. The number of amides is 1. The number of nitrogens with zero attached hydrogens (tertiary/aromatic N) is 3. The first-order chi connectivity index (χ1) is 16.6. The number of likely N-dealkylation sites (tertiary alicyclic amines) is 2. The number of hydrogen-bond acceptors (Lipinski definition) is 6. The number of carbonyl (C=O) groups is 1. The zero-order valence-electron chi connectivity index (χ0n) is 20.8. The van der Waals surface area contributed by atoms with Gasteiger partial charge in [-0.3, -0.25) is 5.32 Å². The average molecular weight is 467 g/mol. The van der Waals surface area contributed by atoms with Crippen LogP contribution in [0.15, 0.2) is 36.4 Å². The van der Waals surface area contributed by atoms with Crippen LogP contribution in [0.5, 0.6) is 5.88 Å². The topological polar surface area (TPSA) is 66.9 Å². The highest BCUT2D eigenvalue weighted by atomic mass is 16.5. The SMILES string of the molecule is CCc1cc(NC(=O)OCc2ccccc2)c(OC)nc1C1CCN(C2CCN(C)CC2)CC1. The molecule has 0 saturated carbocycles. The first-order valence-electron chi connectivity index (χ1n) is 12.6. The average Bonchev–Trinajstić information content (AvgIpc) is 2.88. The van der Waals surface area contributed by atoms with Gasteiger partial charge in [0.25, 0.3) is 0 Å².